The highest BCUT2D eigenvalue weighted by molar-refractivity contribution is 6.05. The van der Waals surface area contributed by atoms with Crippen LogP contribution in [0.5, 0.6) is 0 Å². The van der Waals surface area contributed by atoms with Gasteiger partial charge in [-0.25, -0.2) is 4.68 Å². The number of aromatic nitrogens is 2. The van der Waals surface area contributed by atoms with Crippen LogP contribution in [0.1, 0.15) is 41.0 Å². The Balaban J connectivity index is 1.46. The van der Waals surface area contributed by atoms with E-state index in [1.54, 1.807) is 0 Å². The fraction of sp³-hybridized carbons (Fsp3) is 0.385. The predicted octanol–water partition coefficient (Wildman–Crippen LogP) is 4.15. The van der Waals surface area contributed by atoms with Crippen molar-refractivity contribution in [1.82, 2.24) is 14.7 Å². The summed E-state index contributed by atoms with van der Waals surface area (Å²) in [4.78, 5) is 18.2. The number of carbonyl (C=O) groups excluding carboxylic acids is 1. The maximum Gasteiger partial charge on any atom is 0.276 e. The molecule has 6 heteroatoms. The van der Waals surface area contributed by atoms with Gasteiger partial charge in [-0.15, -0.1) is 0 Å². The van der Waals surface area contributed by atoms with Gasteiger partial charge in [-0.3, -0.25) is 4.79 Å². The van der Waals surface area contributed by atoms with E-state index in [0.717, 1.165) is 74.5 Å². The predicted molar refractivity (Wildman–Crippen MR) is 129 cm³/mol. The van der Waals surface area contributed by atoms with Crippen molar-refractivity contribution in [3.05, 3.63) is 71.5 Å². The molecular formula is C26H31N5O. The van der Waals surface area contributed by atoms with Gasteiger partial charge in [0.05, 0.1) is 17.1 Å². The summed E-state index contributed by atoms with van der Waals surface area (Å²) in [5, 5.41) is 8.04. The van der Waals surface area contributed by atoms with Crippen molar-refractivity contribution in [2.45, 2.75) is 32.1 Å². The maximum atomic E-state index is 13.5. The van der Waals surface area contributed by atoms with Crippen molar-refractivity contribution in [2.75, 3.05) is 43.4 Å². The van der Waals surface area contributed by atoms with E-state index in [2.05, 4.69) is 40.4 Å². The smallest absolute Gasteiger partial charge is 0.276 e. The molecule has 1 fully saturated rings. The Bertz CT molecular complexity index is 1080. The molecule has 3 aromatic rings. The van der Waals surface area contributed by atoms with Gasteiger partial charge in [-0.1, -0.05) is 36.8 Å². The molecule has 1 N–H and O–H groups in total. The van der Waals surface area contributed by atoms with Gasteiger partial charge in [-0.2, -0.15) is 5.10 Å². The Morgan fingerprint density at radius 2 is 1.59 bits per heavy atom. The zero-order valence-corrected chi connectivity index (χ0v) is 18.8. The van der Waals surface area contributed by atoms with Crippen molar-refractivity contribution in [3.63, 3.8) is 0 Å². The second kappa shape index (κ2) is 9.17. The molecule has 0 bridgehead atoms. The third-order valence-electron chi connectivity index (χ3n) is 6.64. The van der Waals surface area contributed by atoms with E-state index >= 15 is 0 Å². The Hall–Kier alpha value is -3.12. The highest BCUT2D eigenvalue weighted by Gasteiger charge is 2.26. The number of piperazine rings is 1. The summed E-state index contributed by atoms with van der Waals surface area (Å²) in [6.45, 7) is 3.97. The topological polar surface area (TPSA) is 53.4 Å². The third kappa shape index (κ3) is 4.15. The van der Waals surface area contributed by atoms with Crippen LogP contribution in [0.2, 0.25) is 0 Å². The number of carbonyl (C=O) groups is 1. The molecule has 2 heterocycles. The molecular weight excluding hydrogens is 398 g/mol. The van der Waals surface area contributed by atoms with Crippen molar-refractivity contribution >= 4 is 17.3 Å². The highest BCUT2D eigenvalue weighted by atomic mass is 16.2. The molecule has 1 aliphatic heterocycles. The zero-order valence-electron chi connectivity index (χ0n) is 18.8. The van der Waals surface area contributed by atoms with Crippen molar-refractivity contribution in [3.8, 4) is 5.69 Å². The molecule has 0 unspecified atom stereocenters. The third-order valence-corrected chi connectivity index (χ3v) is 6.64. The second-order valence-electron chi connectivity index (χ2n) is 8.84. The van der Waals surface area contributed by atoms with E-state index in [0.29, 0.717) is 5.69 Å². The molecule has 2 aromatic carbocycles. The van der Waals surface area contributed by atoms with E-state index in [1.165, 1.54) is 12.1 Å². The minimum Gasteiger partial charge on any atom is -0.367 e. The number of benzene rings is 2. The number of rotatable bonds is 4. The van der Waals surface area contributed by atoms with Gasteiger partial charge in [0.2, 0.25) is 0 Å². The van der Waals surface area contributed by atoms with Crippen molar-refractivity contribution < 1.29 is 4.79 Å². The van der Waals surface area contributed by atoms with Crippen LogP contribution < -0.4 is 10.2 Å². The molecule has 5 rings (SSSR count). The Morgan fingerprint density at radius 3 is 2.41 bits per heavy atom. The minimum atomic E-state index is -0.112. The first-order chi connectivity index (χ1) is 15.7. The van der Waals surface area contributed by atoms with E-state index in [9.17, 15) is 4.79 Å². The SMILES string of the molecule is CN1CCN(c2ccccc2NC(=O)c2nn(-c3ccccc3)c3c2CCCCC3)CC1. The summed E-state index contributed by atoms with van der Waals surface area (Å²) < 4.78 is 1.99. The van der Waals surface area contributed by atoms with Crippen molar-refractivity contribution in [1.29, 1.82) is 0 Å². The van der Waals surface area contributed by atoms with Gasteiger partial charge >= 0.3 is 0 Å². The number of likely N-dealkylation sites (N-methyl/N-ethyl adjacent to an activating group) is 1. The molecule has 1 aliphatic carbocycles. The first-order valence-corrected chi connectivity index (χ1v) is 11.7. The summed E-state index contributed by atoms with van der Waals surface area (Å²) in [6, 6.07) is 18.3. The Kier molecular flexibility index (Phi) is 5.95. The van der Waals surface area contributed by atoms with Gasteiger partial charge in [0, 0.05) is 37.4 Å². The molecule has 0 spiro atoms. The largest absolute Gasteiger partial charge is 0.367 e. The molecule has 2 aliphatic rings. The van der Waals surface area contributed by atoms with Crippen LogP contribution in [0.15, 0.2) is 54.6 Å². The maximum absolute atomic E-state index is 13.5. The molecule has 166 valence electrons. The monoisotopic (exact) mass is 429 g/mol. The number of para-hydroxylation sites is 3. The molecule has 32 heavy (non-hydrogen) atoms. The molecule has 1 saturated heterocycles. The highest BCUT2D eigenvalue weighted by Crippen LogP contribution is 2.30. The number of amides is 1. The molecule has 1 amide bonds. The van der Waals surface area contributed by atoms with Gasteiger partial charge in [-0.05, 0) is 57.0 Å². The fourth-order valence-corrected chi connectivity index (χ4v) is 4.82. The summed E-state index contributed by atoms with van der Waals surface area (Å²) in [5.74, 6) is -0.112. The average Bonchev–Trinajstić information content (AvgIpc) is 3.02. The van der Waals surface area contributed by atoms with Crippen LogP contribution in [0.3, 0.4) is 0 Å². The number of hydrogen-bond acceptors (Lipinski definition) is 4. The lowest BCUT2D eigenvalue weighted by molar-refractivity contribution is 0.102. The van der Waals surface area contributed by atoms with E-state index in [-0.39, 0.29) is 5.91 Å². The van der Waals surface area contributed by atoms with Gasteiger partial charge in [0.25, 0.3) is 5.91 Å². The zero-order chi connectivity index (χ0) is 21.9. The summed E-state index contributed by atoms with van der Waals surface area (Å²) in [7, 11) is 2.15. The minimum absolute atomic E-state index is 0.112. The number of nitrogens with zero attached hydrogens (tertiary/aromatic N) is 4. The first kappa shape index (κ1) is 20.8. The number of hydrogen-bond donors (Lipinski definition) is 1. The van der Waals surface area contributed by atoms with E-state index < -0.39 is 0 Å². The molecule has 0 atom stereocenters. The van der Waals surface area contributed by atoms with Crippen LogP contribution >= 0.6 is 0 Å². The van der Waals surface area contributed by atoms with Crippen LogP contribution in [-0.2, 0) is 12.8 Å². The normalized spacial score (nSPS) is 17.0. The number of fused-ring (bicyclic) bond motifs is 1. The van der Waals surface area contributed by atoms with Gasteiger partial charge in [0.1, 0.15) is 0 Å². The average molecular weight is 430 g/mol. The molecule has 0 radical (unpaired) electrons. The lowest BCUT2D eigenvalue weighted by atomic mass is 10.1. The lowest BCUT2D eigenvalue weighted by Crippen LogP contribution is -2.44. The molecule has 1 aromatic heterocycles. The van der Waals surface area contributed by atoms with E-state index in [1.807, 2.05) is 41.1 Å². The number of nitrogens with one attached hydrogen (secondary N) is 1. The van der Waals surface area contributed by atoms with Crippen LogP contribution in [0.25, 0.3) is 5.69 Å². The Labute approximate surface area is 189 Å². The van der Waals surface area contributed by atoms with Crippen LogP contribution in [0.4, 0.5) is 11.4 Å². The van der Waals surface area contributed by atoms with Crippen molar-refractivity contribution in [2.24, 2.45) is 0 Å². The summed E-state index contributed by atoms with van der Waals surface area (Å²) >= 11 is 0. The fourth-order valence-electron chi connectivity index (χ4n) is 4.82. The van der Waals surface area contributed by atoms with Crippen LogP contribution in [-0.4, -0.2) is 53.8 Å². The van der Waals surface area contributed by atoms with Gasteiger partial charge in [0.15, 0.2) is 5.69 Å². The quantitative estimate of drug-likeness (QED) is 0.633. The second-order valence-corrected chi connectivity index (χ2v) is 8.84. The molecule has 6 nitrogen and oxygen atoms in total. The summed E-state index contributed by atoms with van der Waals surface area (Å²) in [6.07, 6.45) is 5.30. The lowest BCUT2D eigenvalue weighted by Gasteiger charge is -2.35. The number of anilines is 2. The Morgan fingerprint density at radius 1 is 0.875 bits per heavy atom. The van der Waals surface area contributed by atoms with Gasteiger partial charge < -0.3 is 15.1 Å². The van der Waals surface area contributed by atoms with Crippen LogP contribution in [0, 0.1) is 0 Å². The summed E-state index contributed by atoms with van der Waals surface area (Å²) in [5.41, 5.74) is 5.83. The standard InChI is InChI=1S/C26H31N5O/c1-29-16-18-30(19-17-29)24-15-9-8-13-22(24)27-26(32)25-21-12-6-3-7-14-23(21)31(28-25)20-10-4-2-5-11-20/h2,4-5,8-11,13,15H,3,6-7,12,14,16-19H2,1H3,(H,27,32). The first-order valence-electron chi connectivity index (χ1n) is 11.7. The van der Waals surface area contributed by atoms with E-state index in [4.69, 9.17) is 5.10 Å². The molecule has 0 saturated carbocycles.